The molecule has 0 bridgehead atoms. The Kier molecular flexibility index (Phi) is 8.27. The molecule has 2 N–H and O–H groups in total. The van der Waals surface area contributed by atoms with Crippen molar-refractivity contribution < 1.29 is 9.59 Å². The predicted molar refractivity (Wildman–Crippen MR) is 131 cm³/mol. The number of carbonyl (C=O) groups excluding carboxylic acids is 2. The van der Waals surface area contributed by atoms with E-state index in [-0.39, 0.29) is 23.5 Å². The Bertz CT molecular complexity index is 1050. The Labute approximate surface area is 200 Å². The van der Waals surface area contributed by atoms with Crippen LogP contribution in [0.4, 0.5) is 11.4 Å². The molecule has 0 aromatic heterocycles. The Morgan fingerprint density at radius 3 is 2.03 bits per heavy atom. The summed E-state index contributed by atoms with van der Waals surface area (Å²) >= 11 is 19.2. The van der Waals surface area contributed by atoms with Gasteiger partial charge in [-0.25, -0.2) is 0 Å². The van der Waals surface area contributed by atoms with E-state index in [9.17, 15) is 9.59 Å². The predicted octanol–water partition coefficient (Wildman–Crippen LogP) is 6.95. The highest BCUT2D eigenvalue weighted by Gasteiger charge is 2.15. The van der Waals surface area contributed by atoms with Gasteiger partial charge in [-0.05, 0) is 67.1 Å². The minimum absolute atomic E-state index is 0.115. The van der Waals surface area contributed by atoms with Gasteiger partial charge in [0.25, 0.3) is 0 Å². The summed E-state index contributed by atoms with van der Waals surface area (Å²) < 4.78 is 0. The van der Waals surface area contributed by atoms with Gasteiger partial charge in [-0.2, -0.15) is 0 Å². The van der Waals surface area contributed by atoms with Gasteiger partial charge in [0.2, 0.25) is 11.8 Å². The molecule has 0 saturated carbocycles. The smallest absolute Gasteiger partial charge is 0.237 e. The van der Waals surface area contributed by atoms with Crippen molar-refractivity contribution in [3.63, 3.8) is 0 Å². The van der Waals surface area contributed by atoms with Gasteiger partial charge in [-0.15, -0.1) is 11.8 Å². The first-order chi connectivity index (χ1) is 14.8. The van der Waals surface area contributed by atoms with Crippen LogP contribution in [-0.4, -0.2) is 17.1 Å². The zero-order valence-corrected chi connectivity index (χ0v) is 19.6. The number of carbonyl (C=O) groups is 2. The van der Waals surface area contributed by atoms with Gasteiger partial charge in [-0.3, -0.25) is 9.59 Å². The third kappa shape index (κ3) is 7.47. The molecule has 8 heteroatoms. The molecule has 0 aliphatic heterocycles. The minimum Gasteiger partial charge on any atom is -0.326 e. The molecule has 31 heavy (non-hydrogen) atoms. The molecule has 1 atom stereocenters. The monoisotopic (exact) mass is 492 g/mol. The first-order valence-electron chi connectivity index (χ1n) is 9.36. The second-order valence-electron chi connectivity index (χ2n) is 6.78. The molecular formula is C23H19Cl3N2O2S. The summed E-state index contributed by atoms with van der Waals surface area (Å²) in [7, 11) is 0. The van der Waals surface area contributed by atoms with E-state index in [4.69, 9.17) is 34.8 Å². The summed E-state index contributed by atoms with van der Waals surface area (Å²) in [5.41, 5.74) is 2.12. The number of hydrogen-bond acceptors (Lipinski definition) is 3. The molecule has 2 amide bonds. The minimum atomic E-state index is -0.344. The zero-order valence-electron chi connectivity index (χ0n) is 16.5. The maximum Gasteiger partial charge on any atom is 0.237 e. The van der Waals surface area contributed by atoms with Gasteiger partial charge in [0.05, 0.1) is 11.7 Å². The highest BCUT2D eigenvalue weighted by molar-refractivity contribution is 8.00. The first kappa shape index (κ1) is 23.5. The van der Waals surface area contributed by atoms with Gasteiger partial charge >= 0.3 is 0 Å². The summed E-state index contributed by atoms with van der Waals surface area (Å²) in [5.74, 6) is -0.278. The van der Waals surface area contributed by atoms with Crippen LogP contribution >= 0.6 is 46.6 Å². The lowest BCUT2D eigenvalue weighted by Crippen LogP contribution is -2.22. The molecule has 0 aliphatic rings. The molecule has 1 unspecified atom stereocenters. The largest absolute Gasteiger partial charge is 0.326 e. The van der Waals surface area contributed by atoms with E-state index in [1.54, 1.807) is 30.3 Å². The van der Waals surface area contributed by atoms with Crippen molar-refractivity contribution in [2.24, 2.45) is 0 Å². The van der Waals surface area contributed by atoms with Crippen LogP contribution in [0, 0.1) is 0 Å². The molecule has 0 fully saturated rings. The van der Waals surface area contributed by atoms with Crippen LogP contribution in [-0.2, 0) is 16.0 Å². The third-order valence-electron chi connectivity index (χ3n) is 4.23. The number of rotatable bonds is 7. The molecule has 160 valence electrons. The molecule has 0 saturated heterocycles. The Hall–Kier alpha value is -2.18. The fraction of sp³-hybridized carbons (Fsp3) is 0.130. The van der Waals surface area contributed by atoms with E-state index < -0.39 is 0 Å². The molecule has 0 spiro atoms. The molecule has 4 nitrogen and oxygen atoms in total. The van der Waals surface area contributed by atoms with Crippen molar-refractivity contribution in [3.8, 4) is 0 Å². The van der Waals surface area contributed by atoms with Crippen molar-refractivity contribution >= 4 is 69.8 Å². The van der Waals surface area contributed by atoms with E-state index in [0.717, 1.165) is 10.5 Å². The molecule has 0 radical (unpaired) electrons. The van der Waals surface area contributed by atoms with Crippen molar-refractivity contribution in [2.75, 3.05) is 10.6 Å². The Morgan fingerprint density at radius 1 is 0.806 bits per heavy atom. The molecule has 0 heterocycles. The second kappa shape index (κ2) is 10.9. The molecule has 3 aromatic carbocycles. The van der Waals surface area contributed by atoms with Gasteiger partial charge in [0.15, 0.2) is 0 Å². The fourth-order valence-electron chi connectivity index (χ4n) is 2.74. The van der Waals surface area contributed by atoms with E-state index in [2.05, 4.69) is 10.6 Å². The number of amides is 2. The Morgan fingerprint density at radius 2 is 1.42 bits per heavy atom. The van der Waals surface area contributed by atoms with E-state index >= 15 is 0 Å². The number of anilines is 2. The Balaban J connectivity index is 1.52. The maximum atomic E-state index is 12.5. The lowest BCUT2D eigenvalue weighted by Gasteiger charge is -2.13. The highest BCUT2D eigenvalue weighted by Crippen LogP contribution is 2.27. The van der Waals surface area contributed by atoms with Crippen LogP contribution in [0.15, 0.2) is 71.6 Å². The number of hydrogen-bond donors (Lipinski definition) is 2. The van der Waals surface area contributed by atoms with Crippen molar-refractivity contribution in [2.45, 2.75) is 23.5 Å². The average molecular weight is 494 g/mol. The number of benzene rings is 3. The van der Waals surface area contributed by atoms with E-state index in [1.165, 1.54) is 11.8 Å². The van der Waals surface area contributed by atoms with Gasteiger partial charge in [0.1, 0.15) is 0 Å². The topological polar surface area (TPSA) is 58.2 Å². The number of nitrogens with one attached hydrogen (secondary N) is 2. The molecule has 3 aromatic rings. The zero-order chi connectivity index (χ0) is 22.4. The van der Waals surface area contributed by atoms with E-state index in [0.29, 0.717) is 26.4 Å². The van der Waals surface area contributed by atoms with Crippen LogP contribution in [0.2, 0.25) is 15.1 Å². The standard InChI is InChI=1S/C23H19Cl3N2O2S/c1-14(23(30)28-20-12-17(25)11-18(26)13-20)31-21-8-6-19(7-9-21)27-22(29)10-15-2-4-16(24)5-3-15/h2-9,11-14H,10H2,1H3,(H,27,29)(H,28,30). The number of halogens is 3. The summed E-state index contributed by atoms with van der Waals surface area (Å²) in [6.45, 7) is 1.81. The summed E-state index contributed by atoms with van der Waals surface area (Å²) in [6.07, 6.45) is 0.262. The van der Waals surface area contributed by atoms with Crippen LogP contribution in [0.25, 0.3) is 0 Å². The third-order valence-corrected chi connectivity index (χ3v) is 6.03. The van der Waals surface area contributed by atoms with E-state index in [1.807, 2.05) is 43.3 Å². The van der Waals surface area contributed by atoms with Crippen molar-refractivity contribution in [1.29, 1.82) is 0 Å². The van der Waals surface area contributed by atoms with Gasteiger partial charge in [-0.1, -0.05) is 46.9 Å². The normalized spacial score (nSPS) is 11.6. The lowest BCUT2D eigenvalue weighted by molar-refractivity contribution is -0.116. The summed E-state index contributed by atoms with van der Waals surface area (Å²) in [5, 5.41) is 6.88. The van der Waals surface area contributed by atoms with Crippen LogP contribution in [0.3, 0.4) is 0 Å². The summed E-state index contributed by atoms with van der Waals surface area (Å²) in [4.78, 5) is 25.6. The quantitative estimate of drug-likeness (QED) is 0.350. The molecule has 0 aliphatic carbocycles. The SMILES string of the molecule is CC(Sc1ccc(NC(=O)Cc2ccc(Cl)cc2)cc1)C(=O)Nc1cc(Cl)cc(Cl)c1. The van der Waals surface area contributed by atoms with Crippen molar-refractivity contribution in [3.05, 3.63) is 87.4 Å². The van der Waals surface area contributed by atoms with Crippen LogP contribution in [0.1, 0.15) is 12.5 Å². The van der Waals surface area contributed by atoms with Gasteiger partial charge in [0, 0.05) is 31.3 Å². The highest BCUT2D eigenvalue weighted by atomic mass is 35.5. The average Bonchev–Trinajstić information content (AvgIpc) is 2.70. The van der Waals surface area contributed by atoms with Gasteiger partial charge < -0.3 is 10.6 Å². The lowest BCUT2D eigenvalue weighted by atomic mass is 10.1. The fourth-order valence-corrected chi connectivity index (χ4v) is 4.26. The molecular weight excluding hydrogens is 475 g/mol. The first-order valence-corrected chi connectivity index (χ1v) is 11.4. The van der Waals surface area contributed by atoms with Crippen molar-refractivity contribution in [1.82, 2.24) is 0 Å². The maximum absolute atomic E-state index is 12.5. The second-order valence-corrected chi connectivity index (χ2v) is 9.51. The van der Waals surface area contributed by atoms with Crippen LogP contribution < -0.4 is 10.6 Å². The number of thioether (sulfide) groups is 1. The van der Waals surface area contributed by atoms with Crippen LogP contribution in [0.5, 0.6) is 0 Å². The molecule has 3 rings (SSSR count). The summed E-state index contributed by atoms with van der Waals surface area (Å²) in [6, 6.07) is 19.4.